The van der Waals surface area contributed by atoms with Gasteiger partial charge in [0.05, 0.1) is 30.9 Å². The summed E-state index contributed by atoms with van der Waals surface area (Å²) >= 11 is 0. The normalized spacial score (nSPS) is 21.4. The van der Waals surface area contributed by atoms with Gasteiger partial charge in [0.15, 0.2) is 5.82 Å². The number of ether oxygens (including phenoxy) is 2. The molecule has 230 valence electrons. The third-order valence-corrected chi connectivity index (χ3v) is 8.68. The Bertz CT molecular complexity index is 1450. The van der Waals surface area contributed by atoms with Gasteiger partial charge in [-0.05, 0) is 43.7 Å². The minimum atomic E-state index is -2.80. The van der Waals surface area contributed by atoms with E-state index < -0.39 is 6.43 Å². The van der Waals surface area contributed by atoms with Crippen LogP contribution in [0.4, 0.5) is 14.7 Å². The summed E-state index contributed by atoms with van der Waals surface area (Å²) < 4.78 is 41.3. The van der Waals surface area contributed by atoms with Gasteiger partial charge in [0.1, 0.15) is 5.82 Å². The molecular weight excluding hydrogens is 560 g/mol. The number of carbonyl (C=O) groups excluding carboxylic acids is 2. The van der Waals surface area contributed by atoms with Gasteiger partial charge in [-0.3, -0.25) is 14.2 Å². The Labute approximate surface area is 248 Å². The number of aromatic nitrogens is 4. The van der Waals surface area contributed by atoms with Crippen molar-refractivity contribution in [2.45, 2.75) is 39.0 Å². The summed E-state index contributed by atoms with van der Waals surface area (Å²) in [6.07, 6.45) is 0.466. The van der Waals surface area contributed by atoms with Crippen LogP contribution in [0.1, 0.15) is 44.9 Å². The van der Waals surface area contributed by atoms with Crippen LogP contribution in [0.3, 0.4) is 0 Å². The molecular formula is C30H37F2N7O4. The lowest BCUT2D eigenvalue weighted by atomic mass is 9.81. The maximum absolute atomic E-state index is 14.1. The smallest absolute Gasteiger partial charge is 0.296 e. The maximum atomic E-state index is 14.1. The van der Waals surface area contributed by atoms with Crippen molar-refractivity contribution in [3.63, 3.8) is 0 Å². The molecule has 6 rings (SSSR count). The van der Waals surface area contributed by atoms with Crippen LogP contribution in [-0.4, -0.2) is 100 Å². The number of amides is 2. The summed E-state index contributed by atoms with van der Waals surface area (Å²) in [4.78, 5) is 43.9. The van der Waals surface area contributed by atoms with Gasteiger partial charge in [-0.1, -0.05) is 12.1 Å². The van der Waals surface area contributed by atoms with Crippen LogP contribution < -0.4 is 9.64 Å². The highest BCUT2D eigenvalue weighted by atomic mass is 19.3. The van der Waals surface area contributed by atoms with Crippen molar-refractivity contribution in [2.75, 3.05) is 64.0 Å². The van der Waals surface area contributed by atoms with Crippen molar-refractivity contribution in [1.29, 1.82) is 0 Å². The summed E-state index contributed by atoms with van der Waals surface area (Å²) in [5.74, 6) is 1.06. The zero-order chi connectivity index (χ0) is 29.9. The van der Waals surface area contributed by atoms with Crippen molar-refractivity contribution < 1.29 is 27.8 Å². The number of carbonyl (C=O) groups is 2. The molecule has 1 aromatic carbocycles. The molecule has 0 unspecified atom stereocenters. The Kier molecular flexibility index (Phi) is 8.68. The fourth-order valence-electron chi connectivity index (χ4n) is 6.21. The number of halogens is 2. The number of nitrogens with zero attached hydrogens (tertiary/aromatic N) is 7. The SMILES string of the molecule is CC(=O)N1CCN(C(=O)C2CCC(COc3cc(-n4c(C(F)F)nc5ccccc54)nc(N4CCOCC4)n3)CC2)CC1. The van der Waals surface area contributed by atoms with E-state index in [-0.39, 0.29) is 35.3 Å². The van der Waals surface area contributed by atoms with Gasteiger partial charge in [-0.2, -0.15) is 9.97 Å². The van der Waals surface area contributed by atoms with E-state index in [9.17, 15) is 18.4 Å². The predicted octanol–water partition coefficient (Wildman–Crippen LogP) is 3.47. The van der Waals surface area contributed by atoms with E-state index in [2.05, 4.69) is 15.0 Å². The molecule has 0 spiro atoms. The first-order chi connectivity index (χ1) is 20.9. The zero-order valence-corrected chi connectivity index (χ0v) is 24.3. The average Bonchev–Trinajstić information content (AvgIpc) is 3.44. The van der Waals surface area contributed by atoms with E-state index in [1.807, 2.05) is 9.80 Å². The van der Waals surface area contributed by atoms with E-state index in [0.717, 1.165) is 25.7 Å². The number of hydrogen-bond acceptors (Lipinski definition) is 8. The second-order valence-corrected chi connectivity index (χ2v) is 11.4. The Morgan fingerprint density at radius 1 is 0.953 bits per heavy atom. The molecule has 1 aliphatic carbocycles. The first-order valence-electron chi connectivity index (χ1n) is 15.0. The van der Waals surface area contributed by atoms with Gasteiger partial charge >= 0.3 is 0 Å². The van der Waals surface area contributed by atoms with Gasteiger partial charge in [0.25, 0.3) is 6.43 Å². The van der Waals surface area contributed by atoms with E-state index in [4.69, 9.17) is 9.47 Å². The molecule has 2 saturated heterocycles. The summed E-state index contributed by atoms with van der Waals surface area (Å²) in [5.41, 5.74) is 0.986. The number of para-hydroxylation sites is 2. The lowest BCUT2D eigenvalue weighted by Crippen LogP contribution is -2.51. The number of piperazine rings is 1. The number of hydrogen-bond donors (Lipinski definition) is 0. The van der Waals surface area contributed by atoms with Crippen LogP contribution in [0.2, 0.25) is 0 Å². The number of benzene rings is 1. The third-order valence-electron chi connectivity index (χ3n) is 8.68. The highest BCUT2D eigenvalue weighted by molar-refractivity contribution is 5.80. The fraction of sp³-hybridized carbons (Fsp3) is 0.567. The van der Waals surface area contributed by atoms with Crippen molar-refractivity contribution in [3.8, 4) is 11.7 Å². The highest BCUT2D eigenvalue weighted by Crippen LogP contribution is 2.32. The van der Waals surface area contributed by atoms with Crippen LogP contribution in [0.5, 0.6) is 5.88 Å². The quantitative estimate of drug-likeness (QED) is 0.408. The lowest BCUT2D eigenvalue weighted by Gasteiger charge is -2.37. The van der Waals surface area contributed by atoms with E-state index >= 15 is 0 Å². The standard InChI is InChI=1S/C30H37F2N7O4/c1-20(40)36-10-12-37(13-11-36)29(41)22-8-6-21(7-9-22)19-43-26-18-25(34-30(35-26)38-14-16-42-17-15-38)39-24-5-3-2-4-23(24)33-28(39)27(31)32/h2-5,18,21-22,27H,6-17,19H2,1H3. The van der Waals surface area contributed by atoms with E-state index in [0.29, 0.717) is 82.0 Å². The second-order valence-electron chi connectivity index (χ2n) is 11.4. The molecule has 0 radical (unpaired) electrons. The van der Waals surface area contributed by atoms with Crippen LogP contribution in [0.25, 0.3) is 16.9 Å². The summed E-state index contributed by atoms with van der Waals surface area (Å²) in [7, 11) is 0. The van der Waals surface area contributed by atoms with Gasteiger partial charge in [0, 0.05) is 58.2 Å². The first-order valence-corrected chi connectivity index (χ1v) is 15.0. The van der Waals surface area contributed by atoms with Crippen molar-refractivity contribution in [2.24, 2.45) is 11.8 Å². The topological polar surface area (TPSA) is 106 Å². The van der Waals surface area contributed by atoms with Crippen LogP contribution in [-0.2, 0) is 14.3 Å². The summed E-state index contributed by atoms with van der Waals surface area (Å²) in [6.45, 7) is 6.52. The molecule has 13 heteroatoms. The Balaban J connectivity index is 1.15. The molecule has 43 heavy (non-hydrogen) atoms. The minimum absolute atomic E-state index is 0.0130. The Morgan fingerprint density at radius 2 is 1.65 bits per heavy atom. The lowest BCUT2D eigenvalue weighted by molar-refractivity contribution is -0.142. The fourth-order valence-corrected chi connectivity index (χ4v) is 6.21. The summed E-state index contributed by atoms with van der Waals surface area (Å²) in [5, 5.41) is 0. The Morgan fingerprint density at radius 3 is 2.35 bits per heavy atom. The van der Waals surface area contributed by atoms with E-state index in [1.54, 1.807) is 42.2 Å². The molecule has 2 aliphatic heterocycles. The summed E-state index contributed by atoms with van der Waals surface area (Å²) in [6, 6.07) is 8.59. The van der Waals surface area contributed by atoms with Gasteiger partial charge in [-0.15, -0.1) is 0 Å². The number of rotatable bonds is 7. The van der Waals surface area contributed by atoms with Gasteiger partial charge < -0.3 is 24.2 Å². The first kappa shape index (κ1) is 29.2. The van der Waals surface area contributed by atoms with Crippen LogP contribution in [0, 0.1) is 11.8 Å². The van der Waals surface area contributed by atoms with Crippen molar-refractivity contribution >= 4 is 28.8 Å². The second kappa shape index (κ2) is 12.8. The molecule has 0 bridgehead atoms. The average molecular weight is 598 g/mol. The van der Waals surface area contributed by atoms with E-state index in [1.165, 1.54) is 4.57 Å². The molecule has 1 saturated carbocycles. The molecule has 3 aliphatic rings. The minimum Gasteiger partial charge on any atom is -0.477 e. The van der Waals surface area contributed by atoms with Gasteiger partial charge in [0.2, 0.25) is 23.6 Å². The third kappa shape index (κ3) is 6.41. The monoisotopic (exact) mass is 597 g/mol. The number of fused-ring (bicyclic) bond motifs is 1. The molecule has 3 fully saturated rings. The van der Waals surface area contributed by atoms with Crippen molar-refractivity contribution in [1.82, 2.24) is 29.3 Å². The predicted molar refractivity (Wildman–Crippen MR) is 154 cm³/mol. The molecule has 2 amide bonds. The zero-order valence-electron chi connectivity index (χ0n) is 24.3. The van der Waals surface area contributed by atoms with Crippen LogP contribution in [0.15, 0.2) is 30.3 Å². The molecule has 2 aromatic heterocycles. The largest absolute Gasteiger partial charge is 0.477 e. The highest BCUT2D eigenvalue weighted by Gasteiger charge is 2.32. The molecule has 0 N–H and O–H groups in total. The number of anilines is 1. The molecule has 3 aromatic rings. The number of imidazole rings is 1. The number of alkyl halides is 2. The number of morpholine rings is 1. The Hall–Kier alpha value is -3.87. The van der Waals surface area contributed by atoms with Crippen molar-refractivity contribution in [3.05, 3.63) is 36.2 Å². The molecule has 11 nitrogen and oxygen atoms in total. The van der Waals surface area contributed by atoms with Crippen LogP contribution >= 0.6 is 0 Å². The van der Waals surface area contributed by atoms with Gasteiger partial charge in [-0.25, -0.2) is 13.8 Å². The molecule has 4 heterocycles. The maximum Gasteiger partial charge on any atom is 0.296 e. The molecule has 0 atom stereocenters.